The van der Waals surface area contributed by atoms with Gasteiger partial charge in [0.2, 0.25) is 0 Å². The molecule has 21 heavy (non-hydrogen) atoms. The van der Waals surface area contributed by atoms with Gasteiger partial charge in [0.15, 0.2) is 0 Å². The van der Waals surface area contributed by atoms with Crippen LogP contribution in [0.3, 0.4) is 0 Å². The summed E-state index contributed by atoms with van der Waals surface area (Å²) in [5, 5.41) is 0.624. The fourth-order valence-electron chi connectivity index (χ4n) is 2.63. The molecule has 1 amide bonds. The molecule has 1 saturated heterocycles. The molecule has 0 bridgehead atoms. The van der Waals surface area contributed by atoms with Crippen LogP contribution in [-0.4, -0.2) is 39.9 Å². The number of hydrogen-bond donors (Lipinski definition) is 1. The lowest BCUT2D eigenvalue weighted by atomic mass is 9.94. The van der Waals surface area contributed by atoms with E-state index in [1.807, 2.05) is 30.2 Å². The molecular formula is C15H19ClN2OS2. The van der Waals surface area contributed by atoms with Gasteiger partial charge in [0.25, 0.3) is 5.91 Å². The van der Waals surface area contributed by atoms with Gasteiger partial charge in [-0.2, -0.15) is 11.8 Å². The van der Waals surface area contributed by atoms with Crippen LogP contribution in [-0.2, 0) is 0 Å². The molecule has 0 aromatic heterocycles. The highest BCUT2D eigenvalue weighted by Crippen LogP contribution is 2.35. The zero-order valence-electron chi connectivity index (χ0n) is 12.2. The third kappa shape index (κ3) is 3.20. The van der Waals surface area contributed by atoms with E-state index < -0.39 is 0 Å². The van der Waals surface area contributed by atoms with Crippen molar-refractivity contribution in [3.63, 3.8) is 0 Å². The van der Waals surface area contributed by atoms with Gasteiger partial charge in [-0.1, -0.05) is 29.9 Å². The minimum atomic E-state index is -0.171. The number of nitrogens with two attached hydrogens (primary N) is 1. The molecule has 0 unspecified atom stereocenters. The molecule has 1 aromatic rings. The Balaban J connectivity index is 2.14. The van der Waals surface area contributed by atoms with Crippen molar-refractivity contribution in [2.75, 3.05) is 19.3 Å². The number of likely N-dealkylation sites (tertiary alicyclic amines) is 1. The van der Waals surface area contributed by atoms with Crippen molar-refractivity contribution in [2.45, 2.75) is 24.5 Å². The monoisotopic (exact) mass is 342 g/mol. The van der Waals surface area contributed by atoms with Crippen LogP contribution in [0.1, 0.15) is 28.8 Å². The van der Waals surface area contributed by atoms with Crippen LogP contribution in [0.5, 0.6) is 0 Å². The van der Waals surface area contributed by atoms with Gasteiger partial charge in [0.05, 0.1) is 9.74 Å². The van der Waals surface area contributed by atoms with E-state index in [1.54, 1.807) is 17.8 Å². The number of thioether (sulfide) groups is 1. The Kier molecular flexibility index (Phi) is 5.17. The lowest BCUT2D eigenvalue weighted by molar-refractivity contribution is 0.0718. The second kappa shape index (κ2) is 6.55. The minimum absolute atomic E-state index is 0.0349. The Morgan fingerprint density at radius 1 is 1.43 bits per heavy atom. The standard InChI is InChI=1S/C15H19ClN2OS2/c1-10-11(4-3-5-12(10)16)13(19)18-8-6-15(21-2,7-9-18)14(17)20/h3-5H,6-9H2,1-2H3,(H2,17,20). The largest absolute Gasteiger partial charge is 0.392 e. The summed E-state index contributed by atoms with van der Waals surface area (Å²) in [4.78, 5) is 15.0. The van der Waals surface area contributed by atoms with Crippen molar-refractivity contribution in [3.8, 4) is 0 Å². The number of nitrogens with zero attached hydrogens (tertiary/aromatic N) is 1. The Bertz CT molecular complexity index is 569. The van der Waals surface area contributed by atoms with Crippen molar-refractivity contribution >= 4 is 46.5 Å². The molecule has 1 aromatic carbocycles. The zero-order valence-corrected chi connectivity index (χ0v) is 14.6. The van der Waals surface area contributed by atoms with Crippen LogP contribution < -0.4 is 5.73 Å². The summed E-state index contributed by atoms with van der Waals surface area (Å²) in [6.45, 7) is 3.21. The first kappa shape index (κ1) is 16.6. The molecule has 0 aliphatic carbocycles. The minimum Gasteiger partial charge on any atom is -0.392 e. The molecule has 0 atom stereocenters. The maximum Gasteiger partial charge on any atom is 0.254 e. The Hall–Kier alpha value is -0.780. The summed E-state index contributed by atoms with van der Waals surface area (Å²) >= 11 is 13.0. The average Bonchev–Trinajstić information content (AvgIpc) is 2.49. The maximum absolute atomic E-state index is 12.6. The van der Waals surface area contributed by atoms with Crippen molar-refractivity contribution < 1.29 is 4.79 Å². The number of rotatable bonds is 3. The van der Waals surface area contributed by atoms with Gasteiger partial charge in [-0.15, -0.1) is 0 Å². The number of amides is 1. The molecule has 6 heteroatoms. The molecule has 1 heterocycles. The van der Waals surface area contributed by atoms with E-state index in [1.165, 1.54) is 0 Å². The van der Waals surface area contributed by atoms with E-state index in [0.717, 1.165) is 18.4 Å². The van der Waals surface area contributed by atoms with Crippen LogP contribution in [0.2, 0.25) is 5.02 Å². The quantitative estimate of drug-likeness (QED) is 0.856. The molecule has 0 spiro atoms. The Morgan fingerprint density at radius 3 is 2.57 bits per heavy atom. The molecule has 1 aliphatic rings. The van der Waals surface area contributed by atoms with Crippen molar-refractivity contribution in [2.24, 2.45) is 5.73 Å². The summed E-state index contributed by atoms with van der Waals surface area (Å²) < 4.78 is -0.171. The van der Waals surface area contributed by atoms with E-state index >= 15 is 0 Å². The van der Waals surface area contributed by atoms with Crippen LogP contribution in [0.15, 0.2) is 18.2 Å². The summed E-state index contributed by atoms with van der Waals surface area (Å²) in [6.07, 6.45) is 3.63. The number of hydrogen-bond acceptors (Lipinski definition) is 3. The number of carbonyl (C=O) groups is 1. The van der Waals surface area contributed by atoms with Crippen LogP contribution >= 0.6 is 35.6 Å². The predicted octanol–water partition coefficient (Wildman–Crippen LogP) is 3.27. The lowest BCUT2D eigenvalue weighted by Gasteiger charge is -2.40. The second-order valence-corrected chi connectivity index (χ2v) is 7.30. The first-order chi connectivity index (χ1) is 9.91. The molecule has 0 saturated carbocycles. The van der Waals surface area contributed by atoms with E-state index in [9.17, 15) is 4.79 Å². The maximum atomic E-state index is 12.6. The predicted molar refractivity (Wildman–Crippen MR) is 94.4 cm³/mol. The molecule has 2 rings (SSSR count). The smallest absolute Gasteiger partial charge is 0.254 e. The lowest BCUT2D eigenvalue weighted by Crippen LogP contribution is -2.50. The Morgan fingerprint density at radius 2 is 2.05 bits per heavy atom. The molecular weight excluding hydrogens is 324 g/mol. The van der Waals surface area contributed by atoms with Gasteiger partial charge in [0, 0.05) is 23.7 Å². The summed E-state index contributed by atoms with van der Waals surface area (Å²) in [6, 6.07) is 5.44. The van der Waals surface area contributed by atoms with Crippen LogP contribution in [0.4, 0.5) is 0 Å². The summed E-state index contributed by atoms with van der Waals surface area (Å²) in [7, 11) is 0. The normalized spacial score (nSPS) is 17.6. The van der Waals surface area contributed by atoms with Crippen molar-refractivity contribution in [1.82, 2.24) is 4.90 Å². The van der Waals surface area contributed by atoms with Gasteiger partial charge in [-0.3, -0.25) is 4.79 Å². The fourth-order valence-corrected chi connectivity index (χ4v) is 4.05. The molecule has 0 radical (unpaired) electrons. The van der Waals surface area contributed by atoms with Gasteiger partial charge in [-0.25, -0.2) is 0 Å². The van der Waals surface area contributed by atoms with Gasteiger partial charge < -0.3 is 10.6 Å². The number of halogens is 1. The van der Waals surface area contributed by atoms with E-state index in [-0.39, 0.29) is 10.7 Å². The van der Waals surface area contributed by atoms with Gasteiger partial charge in [-0.05, 0) is 43.7 Å². The Labute approximate surface area is 140 Å². The third-order valence-electron chi connectivity index (χ3n) is 4.20. The number of carbonyl (C=O) groups excluding carboxylic acids is 1. The summed E-state index contributed by atoms with van der Waals surface area (Å²) in [5.74, 6) is 0.0349. The SMILES string of the molecule is CSC1(C(N)=S)CCN(C(=O)c2cccc(Cl)c2C)CC1. The van der Waals surface area contributed by atoms with E-state index in [4.69, 9.17) is 29.6 Å². The number of benzene rings is 1. The third-order valence-corrected chi connectivity index (χ3v) is 6.54. The fraction of sp³-hybridized carbons (Fsp3) is 0.467. The topological polar surface area (TPSA) is 46.3 Å². The van der Waals surface area contributed by atoms with E-state index in [2.05, 4.69) is 0 Å². The second-order valence-electron chi connectivity index (χ2n) is 5.27. The first-order valence-corrected chi connectivity index (χ1v) is 8.82. The first-order valence-electron chi connectivity index (χ1n) is 6.81. The van der Waals surface area contributed by atoms with E-state index in [0.29, 0.717) is 28.7 Å². The van der Waals surface area contributed by atoms with Crippen molar-refractivity contribution in [1.29, 1.82) is 0 Å². The zero-order chi connectivity index (χ0) is 15.6. The van der Waals surface area contributed by atoms with Gasteiger partial charge >= 0.3 is 0 Å². The van der Waals surface area contributed by atoms with Crippen LogP contribution in [0, 0.1) is 6.92 Å². The number of thiocarbonyl (C=S) groups is 1. The highest BCUT2D eigenvalue weighted by molar-refractivity contribution is 8.02. The molecule has 2 N–H and O–H groups in total. The van der Waals surface area contributed by atoms with Gasteiger partial charge in [0.1, 0.15) is 0 Å². The average molecular weight is 343 g/mol. The molecule has 3 nitrogen and oxygen atoms in total. The highest BCUT2D eigenvalue weighted by atomic mass is 35.5. The van der Waals surface area contributed by atoms with Crippen molar-refractivity contribution in [3.05, 3.63) is 34.3 Å². The molecule has 1 aliphatic heterocycles. The summed E-state index contributed by atoms with van der Waals surface area (Å²) in [5.41, 5.74) is 7.39. The van der Waals surface area contributed by atoms with Crippen LogP contribution in [0.25, 0.3) is 0 Å². The number of piperidine rings is 1. The molecule has 1 fully saturated rings. The highest BCUT2D eigenvalue weighted by Gasteiger charge is 2.38. The molecule has 114 valence electrons.